The van der Waals surface area contributed by atoms with Crippen LogP contribution in [-0.4, -0.2) is 6.54 Å². The number of benzene rings is 1. The third kappa shape index (κ3) is 1.78. The van der Waals surface area contributed by atoms with Crippen molar-refractivity contribution in [1.29, 1.82) is 0 Å². The molecule has 2 heteroatoms. The second-order valence-corrected chi connectivity index (χ2v) is 4.88. The Bertz CT molecular complexity index is 367. The molecule has 1 aromatic rings. The van der Waals surface area contributed by atoms with Crippen molar-refractivity contribution in [1.82, 2.24) is 0 Å². The summed E-state index contributed by atoms with van der Waals surface area (Å²) >= 11 is 0. The molecule has 0 bridgehead atoms. The van der Waals surface area contributed by atoms with Crippen LogP contribution in [0.25, 0.3) is 0 Å². The van der Waals surface area contributed by atoms with Crippen LogP contribution in [0.3, 0.4) is 0 Å². The van der Waals surface area contributed by atoms with Crippen molar-refractivity contribution < 1.29 is 4.39 Å². The zero-order valence-electron chi connectivity index (χ0n) is 9.39. The van der Waals surface area contributed by atoms with Crippen molar-refractivity contribution in [3.05, 3.63) is 35.1 Å². The molecule has 0 aromatic heterocycles. The molecule has 0 radical (unpaired) electrons. The molecule has 0 unspecified atom stereocenters. The monoisotopic (exact) mass is 207 g/mol. The van der Waals surface area contributed by atoms with E-state index in [0.29, 0.717) is 6.54 Å². The molecule has 1 saturated carbocycles. The quantitative estimate of drug-likeness (QED) is 0.810. The minimum atomic E-state index is -0.0958. The van der Waals surface area contributed by atoms with Gasteiger partial charge in [0, 0.05) is 12.0 Å². The average Bonchev–Trinajstić information content (AvgIpc) is 2.99. The van der Waals surface area contributed by atoms with Gasteiger partial charge in [0.15, 0.2) is 0 Å². The molecule has 2 rings (SSSR count). The van der Waals surface area contributed by atoms with Crippen molar-refractivity contribution in [2.75, 3.05) is 6.54 Å². The Morgan fingerprint density at radius 2 is 2.07 bits per heavy atom. The van der Waals surface area contributed by atoms with Gasteiger partial charge in [-0.2, -0.15) is 0 Å². The third-order valence-electron chi connectivity index (χ3n) is 3.47. The van der Waals surface area contributed by atoms with E-state index in [-0.39, 0.29) is 17.2 Å². The van der Waals surface area contributed by atoms with Gasteiger partial charge in [-0.05, 0) is 36.0 Å². The Morgan fingerprint density at radius 3 is 2.53 bits per heavy atom. The number of hydrogen-bond acceptors (Lipinski definition) is 1. The summed E-state index contributed by atoms with van der Waals surface area (Å²) in [5, 5.41) is 0. The number of halogens is 1. The molecule has 0 spiro atoms. The van der Waals surface area contributed by atoms with E-state index >= 15 is 0 Å². The van der Waals surface area contributed by atoms with Gasteiger partial charge < -0.3 is 5.73 Å². The zero-order valence-corrected chi connectivity index (χ0v) is 9.39. The first kappa shape index (κ1) is 10.6. The van der Waals surface area contributed by atoms with Gasteiger partial charge in [0.1, 0.15) is 5.82 Å². The van der Waals surface area contributed by atoms with E-state index in [2.05, 4.69) is 0 Å². The van der Waals surface area contributed by atoms with Crippen LogP contribution in [0.2, 0.25) is 0 Å². The Labute approximate surface area is 90.5 Å². The maximum absolute atomic E-state index is 13.5. The van der Waals surface area contributed by atoms with E-state index < -0.39 is 0 Å². The van der Waals surface area contributed by atoms with Gasteiger partial charge in [0.05, 0.1) is 0 Å². The van der Waals surface area contributed by atoms with E-state index in [4.69, 9.17) is 5.73 Å². The van der Waals surface area contributed by atoms with E-state index in [1.807, 2.05) is 26.0 Å². The largest absolute Gasteiger partial charge is 0.330 e. The van der Waals surface area contributed by atoms with Crippen LogP contribution >= 0.6 is 0 Å². The standard InChI is InChI=1S/C13H18FN/c1-9(2)11-7-10(3-4-12(11)14)13(8-15)5-6-13/h3-4,7,9H,5-6,8,15H2,1-2H3. The molecular formula is C13H18FN. The Hall–Kier alpha value is -0.890. The fourth-order valence-electron chi connectivity index (χ4n) is 2.08. The fraction of sp³-hybridized carbons (Fsp3) is 0.538. The first-order valence-corrected chi connectivity index (χ1v) is 5.59. The highest BCUT2D eigenvalue weighted by molar-refractivity contribution is 5.36. The summed E-state index contributed by atoms with van der Waals surface area (Å²) in [7, 11) is 0. The van der Waals surface area contributed by atoms with Crippen LogP contribution in [0.1, 0.15) is 43.7 Å². The van der Waals surface area contributed by atoms with E-state index in [1.165, 1.54) is 5.56 Å². The van der Waals surface area contributed by atoms with Gasteiger partial charge in [0.25, 0.3) is 0 Å². The minimum Gasteiger partial charge on any atom is -0.330 e. The molecule has 0 aliphatic heterocycles. The van der Waals surface area contributed by atoms with Crippen LogP contribution in [-0.2, 0) is 5.41 Å². The van der Waals surface area contributed by atoms with Crippen LogP contribution in [0.4, 0.5) is 4.39 Å². The maximum Gasteiger partial charge on any atom is 0.126 e. The van der Waals surface area contributed by atoms with Crippen molar-refractivity contribution in [3.63, 3.8) is 0 Å². The first-order chi connectivity index (χ1) is 7.09. The second-order valence-electron chi connectivity index (χ2n) is 4.88. The van der Waals surface area contributed by atoms with Gasteiger partial charge >= 0.3 is 0 Å². The van der Waals surface area contributed by atoms with Crippen molar-refractivity contribution in [3.8, 4) is 0 Å². The summed E-state index contributed by atoms with van der Waals surface area (Å²) in [5.41, 5.74) is 7.97. The maximum atomic E-state index is 13.5. The van der Waals surface area contributed by atoms with Crippen molar-refractivity contribution in [2.24, 2.45) is 5.73 Å². The SMILES string of the molecule is CC(C)c1cc(C2(CN)CC2)ccc1F. The zero-order chi connectivity index (χ0) is 11.1. The summed E-state index contributed by atoms with van der Waals surface area (Å²) in [6.07, 6.45) is 2.29. The molecule has 0 saturated heterocycles. The molecule has 0 heterocycles. The first-order valence-electron chi connectivity index (χ1n) is 5.59. The molecule has 1 nitrogen and oxygen atoms in total. The summed E-state index contributed by atoms with van der Waals surface area (Å²) in [4.78, 5) is 0. The summed E-state index contributed by atoms with van der Waals surface area (Å²) in [6, 6.07) is 5.47. The molecule has 1 aliphatic rings. The Morgan fingerprint density at radius 1 is 1.40 bits per heavy atom. The van der Waals surface area contributed by atoms with Gasteiger partial charge in [-0.3, -0.25) is 0 Å². The summed E-state index contributed by atoms with van der Waals surface area (Å²) in [5.74, 6) is 0.139. The molecule has 82 valence electrons. The number of hydrogen-bond donors (Lipinski definition) is 1. The lowest BCUT2D eigenvalue weighted by molar-refractivity contribution is 0.593. The number of nitrogens with two attached hydrogens (primary N) is 1. The lowest BCUT2D eigenvalue weighted by Crippen LogP contribution is -2.20. The Balaban J connectivity index is 2.39. The van der Waals surface area contributed by atoms with E-state index in [0.717, 1.165) is 18.4 Å². The fourth-order valence-corrected chi connectivity index (χ4v) is 2.08. The van der Waals surface area contributed by atoms with E-state index in [9.17, 15) is 4.39 Å². The molecule has 0 amide bonds. The van der Waals surface area contributed by atoms with Gasteiger partial charge in [0.2, 0.25) is 0 Å². The highest BCUT2D eigenvalue weighted by atomic mass is 19.1. The second kappa shape index (κ2) is 3.60. The molecular weight excluding hydrogens is 189 g/mol. The highest BCUT2D eigenvalue weighted by Gasteiger charge is 2.43. The van der Waals surface area contributed by atoms with Gasteiger partial charge in [-0.25, -0.2) is 4.39 Å². The molecule has 0 atom stereocenters. The highest BCUT2D eigenvalue weighted by Crippen LogP contribution is 2.47. The van der Waals surface area contributed by atoms with Crippen LogP contribution in [0.5, 0.6) is 0 Å². The minimum absolute atomic E-state index is 0.0958. The molecule has 15 heavy (non-hydrogen) atoms. The van der Waals surface area contributed by atoms with Crippen LogP contribution in [0.15, 0.2) is 18.2 Å². The normalized spacial score (nSPS) is 18.2. The molecule has 1 fully saturated rings. The average molecular weight is 207 g/mol. The predicted octanol–water partition coefficient (Wildman–Crippen LogP) is 2.94. The summed E-state index contributed by atoms with van der Waals surface area (Å²) in [6.45, 7) is 4.71. The van der Waals surface area contributed by atoms with Gasteiger partial charge in [-0.15, -0.1) is 0 Å². The predicted molar refractivity (Wildman–Crippen MR) is 60.5 cm³/mol. The third-order valence-corrected chi connectivity index (χ3v) is 3.47. The smallest absolute Gasteiger partial charge is 0.126 e. The summed E-state index contributed by atoms with van der Waals surface area (Å²) < 4.78 is 13.5. The van der Waals surface area contributed by atoms with Crippen LogP contribution < -0.4 is 5.73 Å². The van der Waals surface area contributed by atoms with E-state index in [1.54, 1.807) is 6.07 Å². The van der Waals surface area contributed by atoms with Crippen molar-refractivity contribution in [2.45, 2.75) is 38.0 Å². The number of rotatable bonds is 3. The van der Waals surface area contributed by atoms with Crippen LogP contribution in [0, 0.1) is 5.82 Å². The lowest BCUT2D eigenvalue weighted by Gasteiger charge is -2.16. The lowest BCUT2D eigenvalue weighted by atomic mass is 9.91. The Kier molecular flexibility index (Phi) is 2.55. The van der Waals surface area contributed by atoms with Crippen molar-refractivity contribution >= 4 is 0 Å². The van der Waals surface area contributed by atoms with Gasteiger partial charge in [-0.1, -0.05) is 26.0 Å². The molecule has 2 N–H and O–H groups in total. The topological polar surface area (TPSA) is 26.0 Å². The molecule has 1 aliphatic carbocycles. The molecule has 1 aromatic carbocycles.